The van der Waals surface area contributed by atoms with E-state index in [4.69, 9.17) is 4.74 Å². The van der Waals surface area contributed by atoms with Crippen LogP contribution in [0.4, 0.5) is 4.79 Å². The van der Waals surface area contributed by atoms with Crippen molar-refractivity contribution in [3.8, 4) is 5.75 Å². The Morgan fingerprint density at radius 3 is 2.40 bits per heavy atom. The van der Waals surface area contributed by atoms with E-state index in [0.29, 0.717) is 18.7 Å². The van der Waals surface area contributed by atoms with E-state index in [1.807, 2.05) is 59.3 Å². The number of para-hydroxylation sites is 1. The van der Waals surface area contributed by atoms with E-state index >= 15 is 0 Å². The number of hydrogen-bond acceptors (Lipinski definition) is 3. The fourth-order valence-corrected chi connectivity index (χ4v) is 3.64. The van der Waals surface area contributed by atoms with Gasteiger partial charge in [0.25, 0.3) is 0 Å². The van der Waals surface area contributed by atoms with Crippen molar-refractivity contribution >= 4 is 22.7 Å². The summed E-state index contributed by atoms with van der Waals surface area (Å²) >= 11 is 0. The Morgan fingerprint density at radius 1 is 1.07 bits per heavy atom. The highest BCUT2D eigenvalue weighted by atomic mass is 16.5. The molecule has 0 aliphatic rings. The minimum atomic E-state index is -0.215. The molecule has 1 heterocycles. The zero-order valence-electron chi connectivity index (χ0n) is 17.9. The first kappa shape index (κ1) is 21.4. The maximum absolute atomic E-state index is 12.5. The van der Waals surface area contributed by atoms with E-state index in [-0.39, 0.29) is 23.8 Å². The zero-order chi connectivity index (χ0) is 21.7. The first-order valence-electron chi connectivity index (χ1n) is 10.2. The lowest BCUT2D eigenvalue weighted by atomic mass is 9.96. The number of benzene rings is 2. The number of nitrogens with one attached hydrogen (secondary N) is 2. The Hall–Kier alpha value is -3.28. The van der Waals surface area contributed by atoms with Crippen molar-refractivity contribution in [3.63, 3.8) is 0 Å². The summed E-state index contributed by atoms with van der Waals surface area (Å²) in [4.78, 5) is 24.4. The predicted octanol–water partition coefficient (Wildman–Crippen LogP) is 4.55. The fourth-order valence-electron chi connectivity index (χ4n) is 3.64. The second-order valence-electron chi connectivity index (χ2n) is 7.70. The summed E-state index contributed by atoms with van der Waals surface area (Å²) in [5.74, 6) is 1.06. The highest BCUT2D eigenvalue weighted by Gasteiger charge is 2.18. The molecule has 2 aromatic carbocycles. The van der Waals surface area contributed by atoms with E-state index in [1.165, 1.54) is 0 Å². The molecule has 6 nitrogen and oxygen atoms in total. The molecule has 0 spiro atoms. The number of carbonyl (C=O) groups is 2. The summed E-state index contributed by atoms with van der Waals surface area (Å²) in [6.45, 7) is 6.75. The highest BCUT2D eigenvalue weighted by Crippen LogP contribution is 2.24. The molecule has 1 aromatic heterocycles. The number of hydrogen-bond donors (Lipinski definition) is 2. The molecule has 30 heavy (non-hydrogen) atoms. The Bertz CT molecular complexity index is 1020. The molecule has 2 N–H and O–H groups in total. The molecule has 3 aromatic rings. The summed E-state index contributed by atoms with van der Waals surface area (Å²) in [6, 6.07) is 15.2. The number of fused-ring (bicyclic) bond motifs is 1. The molecule has 0 saturated heterocycles. The molecule has 0 aliphatic carbocycles. The largest absolute Gasteiger partial charge is 0.497 e. The van der Waals surface area contributed by atoms with Crippen LogP contribution in [0.25, 0.3) is 10.9 Å². The van der Waals surface area contributed by atoms with Gasteiger partial charge in [0.15, 0.2) is 5.78 Å². The summed E-state index contributed by atoms with van der Waals surface area (Å²) in [5.41, 5.74) is 2.72. The lowest BCUT2D eigenvalue weighted by molar-refractivity contribution is 0.101. The van der Waals surface area contributed by atoms with Crippen molar-refractivity contribution in [3.05, 3.63) is 65.9 Å². The number of carbonyl (C=O) groups excluding carboxylic acids is 2. The number of nitrogens with zero attached hydrogens (tertiary/aromatic N) is 1. The predicted molar refractivity (Wildman–Crippen MR) is 119 cm³/mol. The third-order valence-electron chi connectivity index (χ3n) is 5.23. The Balaban J connectivity index is 1.62. The van der Waals surface area contributed by atoms with Gasteiger partial charge in [-0.2, -0.15) is 0 Å². The molecule has 0 unspecified atom stereocenters. The average Bonchev–Trinajstić information content (AvgIpc) is 3.11. The van der Waals surface area contributed by atoms with E-state index < -0.39 is 0 Å². The van der Waals surface area contributed by atoms with E-state index in [2.05, 4.69) is 24.5 Å². The van der Waals surface area contributed by atoms with Gasteiger partial charge in [0, 0.05) is 35.8 Å². The van der Waals surface area contributed by atoms with Gasteiger partial charge in [0.2, 0.25) is 0 Å². The molecular weight excluding hydrogens is 378 g/mol. The van der Waals surface area contributed by atoms with Crippen LogP contribution in [-0.4, -0.2) is 30.0 Å². The summed E-state index contributed by atoms with van der Waals surface area (Å²) in [7, 11) is 1.63. The Labute approximate surface area is 177 Å². The van der Waals surface area contributed by atoms with Crippen LogP contribution in [0.1, 0.15) is 42.7 Å². The molecule has 158 valence electrons. The standard InChI is InChI=1S/C24H29N3O3/c1-16(2)23(18-9-11-19(30-4)12-10-18)26-24(29)25-13-14-27-15-21(17(3)28)20-7-5-6-8-22(20)27/h5-12,15-16,23H,13-14H2,1-4H3,(H2,25,26,29)/t23-/m1/s1. The molecule has 0 bridgehead atoms. The van der Waals surface area contributed by atoms with Crippen LogP contribution in [-0.2, 0) is 6.54 Å². The van der Waals surface area contributed by atoms with Gasteiger partial charge in [0.1, 0.15) is 5.75 Å². The quantitative estimate of drug-likeness (QED) is 0.538. The lowest BCUT2D eigenvalue weighted by Crippen LogP contribution is -2.40. The van der Waals surface area contributed by atoms with Crippen molar-refractivity contribution in [2.75, 3.05) is 13.7 Å². The molecule has 1 atom stereocenters. The Morgan fingerprint density at radius 2 is 1.77 bits per heavy atom. The first-order valence-corrected chi connectivity index (χ1v) is 10.2. The second-order valence-corrected chi connectivity index (χ2v) is 7.70. The van der Waals surface area contributed by atoms with Crippen molar-refractivity contribution in [1.82, 2.24) is 15.2 Å². The van der Waals surface area contributed by atoms with Gasteiger partial charge < -0.3 is 19.9 Å². The first-order chi connectivity index (χ1) is 14.4. The van der Waals surface area contributed by atoms with Crippen molar-refractivity contribution in [2.24, 2.45) is 5.92 Å². The molecule has 6 heteroatoms. The number of ether oxygens (including phenoxy) is 1. The number of urea groups is 1. The summed E-state index contributed by atoms with van der Waals surface area (Å²) < 4.78 is 7.22. The normalized spacial score (nSPS) is 12.0. The van der Waals surface area contributed by atoms with E-state index in [0.717, 1.165) is 22.2 Å². The van der Waals surface area contributed by atoms with Crippen LogP contribution in [0.5, 0.6) is 5.75 Å². The van der Waals surface area contributed by atoms with E-state index in [1.54, 1.807) is 14.0 Å². The monoisotopic (exact) mass is 407 g/mol. The fraction of sp³-hybridized carbons (Fsp3) is 0.333. The van der Waals surface area contributed by atoms with Crippen LogP contribution in [0.3, 0.4) is 0 Å². The number of methoxy groups -OCH3 is 1. The average molecular weight is 408 g/mol. The van der Waals surface area contributed by atoms with Crippen LogP contribution < -0.4 is 15.4 Å². The topological polar surface area (TPSA) is 72.4 Å². The van der Waals surface area contributed by atoms with E-state index in [9.17, 15) is 9.59 Å². The minimum Gasteiger partial charge on any atom is -0.497 e. The van der Waals surface area contributed by atoms with Crippen LogP contribution in [0.15, 0.2) is 54.7 Å². The molecule has 2 amide bonds. The van der Waals surface area contributed by atoms with Gasteiger partial charge in [-0.25, -0.2) is 4.79 Å². The van der Waals surface area contributed by atoms with Crippen LogP contribution in [0.2, 0.25) is 0 Å². The summed E-state index contributed by atoms with van der Waals surface area (Å²) in [6.07, 6.45) is 1.86. The van der Waals surface area contributed by atoms with Crippen molar-refractivity contribution < 1.29 is 14.3 Å². The molecule has 3 rings (SSSR count). The summed E-state index contributed by atoms with van der Waals surface area (Å²) in [5, 5.41) is 6.93. The van der Waals surface area contributed by atoms with Crippen LogP contribution in [0, 0.1) is 5.92 Å². The number of amides is 2. The van der Waals surface area contributed by atoms with Gasteiger partial charge in [-0.15, -0.1) is 0 Å². The van der Waals surface area contributed by atoms with Gasteiger partial charge in [-0.05, 0) is 36.6 Å². The number of rotatable bonds is 8. The molecular formula is C24H29N3O3. The van der Waals surface area contributed by atoms with Crippen LogP contribution >= 0.6 is 0 Å². The maximum Gasteiger partial charge on any atom is 0.315 e. The van der Waals surface area contributed by atoms with Crippen molar-refractivity contribution in [2.45, 2.75) is 33.4 Å². The third-order valence-corrected chi connectivity index (χ3v) is 5.23. The van der Waals surface area contributed by atoms with Gasteiger partial charge in [-0.1, -0.05) is 44.2 Å². The molecule has 0 radical (unpaired) electrons. The molecule has 0 fully saturated rings. The Kier molecular flexibility index (Phi) is 6.77. The van der Waals surface area contributed by atoms with Gasteiger partial charge in [-0.3, -0.25) is 4.79 Å². The highest BCUT2D eigenvalue weighted by molar-refractivity contribution is 6.06. The van der Waals surface area contributed by atoms with Gasteiger partial charge >= 0.3 is 6.03 Å². The zero-order valence-corrected chi connectivity index (χ0v) is 17.9. The number of aromatic nitrogens is 1. The smallest absolute Gasteiger partial charge is 0.315 e. The third kappa shape index (κ3) is 4.82. The molecule has 0 aliphatic heterocycles. The molecule has 0 saturated carbocycles. The minimum absolute atomic E-state index is 0.0370. The maximum atomic E-state index is 12.5. The second kappa shape index (κ2) is 9.48. The van der Waals surface area contributed by atoms with Crippen molar-refractivity contribution in [1.29, 1.82) is 0 Å². The van der Waals surface area contributed by atoms with Gasteiger partial charge in [0.05, 0.1) is 13.2 Å². The SMILES string of the molecule is COc1ccc([C@H](NC(=O)NCCn2cc(C(C)=O)c3ccccc32)C(C)C)cc1. The number of Topliss-reactive ketones (excluding diaryl/α,β-unsaturated/α-hetero) is 1. The lowest BCUT2D eigenvalue weighted by Gasteiger charge is -2.23. The number of ketones is 1.